The Labute approximate surface area is 119 Å². The standard InChI is InChI=1S/C10H13N3O5S2/c1-18-9(15)7-10(19-5-12-7)20(16,17)13-3-2-6(4-13)8(11)14/h5-6H,2-4H2,1H3,(H2,11,14). The van der Waals surface area contributed by atoms with Crippen LogP contribution < -0.4 is 5.73 Å². The molecule has 110 valence electrons. The predicted octanol–water partition coefficient (Wildman–Crippen LogP) is -0.574. The zero-order valence-electron chi connectivity index (χ0n) is 10.6. The molecule has 0 aliphatic carbocycles. The molecule has 1 aliphatic heterocycles. The van der Waals surface area contributed by atoms with Crippen molar-refractivity contribution in [2.75, 3.05) is 20.2 Å². The van der Waals surface area contributed by atoms with Crippen LogP contribution in [-0.2, 0) is 19.6 Å². The van der Waals surface area contributed by atoms with Gasteiger partial charge >= 0.3 is 5.97 Å². The fraction of sp³-hybridized carbons (Fsp3) is 0.500. The van der Waals surface area contributed by atoms with Crippen molar-refractivity contribution < 1.29 is 22.7 Å². The maximum Gasteiger partial charge on any atom is 0.358 e. The summed E-state index contributed by atoms with van der Waals surface area (Å²) in [5.74, 6) is -1.84. The summed E-state index contributed by atoms with van der Waals surface area (Å²) in [6.45, 7) is 0.213. The molecule has 0 spiro atoms. The maximum atomic E-state index is 12.4. The van der Waals surface area contributed by atoms with E-state index in [-0.39, 0.29) is 23.0 Å². The number of rotatable bonds is 4. The first-order chi connectivity index (χ1) is 9.37. The van der Waals surface area contributed by atoms with Crippen LogP contribution in [0.1, 0.15) is 16.9 Å². The molecule has 1 amide bonds. The molecule has 2 rings (SSSR count). The highest BCUT2D eigenvalue weighted by atomic mass is 32.2. The molecule has 0 bridgehead atoms. The van der Waals surface area contributed by atoms with E-state index in [0.717, 1.165) is 22.8 Å². The Kier molecular flexibility index (Phi) is 4.06. The summed E-state index contributed by atoms with van der Waals surface area (Å²) in [5, 5.41) is 0. The van der Waals surface area contributed by atoms with E-state index in [2.05, 4.69) is 9.72 Å². The Morgan fingerprint density at radius 2 is 2.25 bits per heavy atom. The van der Waals surface area contributed by atoms with Crippen LogP contribution in [0.5, 0.6) is 0 Å². The number of carbonyl (C=O) groups excluding carboxylic acids is 2. The van der Waals surface area contributed by atoms with Gasteiger partial charge in [0.05, 0.1) is 18.5 Å². The quantitative estimate of drug-likeness (QED) is 0.742. The largest absolute Gasteiger partial charge is 0.464 e. The summed E-state index contributed by atoms with van der Waals surface area (Å²) < 4.78 is 30.4. The van der Waals surface area contributed by atoms with E-state index in [0.29, 0.717) is 6.42 Å². The SMILES string of the molecule is COC(=O)c1ncsc1S(=O)(=O)N1CCC(C(N)=O)C1. The van der Waals surface area contributed by atoms with Gasteiger partial charge in [-0.25, -0.2) is 18.2 Å². The Hall–Kier alpha value is -1.52. The van der Waals surface area contributed by atoms with Crippen molar-refractivity contribution in [3.05, 3.63) is 11.2 Å². The lowest BCUT2D eigenvalue weighted by molar-refractivity contribution is -0.121. The van der Waals surface area contributed by atoms with Crippen molar-refractivity contribution in [1.29, 1.82) is 0 Å². The Bertz CT molecular complexity index is 639. The third kappa shape index (κ3) is 2.53. The molecule has 0 radical (unpaired) electrons. The smallest absolute Gasteiger partial charge is 0.358 e. The first-order valence-electron chi connectivity index (χ1n) is 5.69. The number of hydrogen-bond acceptors (Lipinski definition) is 7. The molecule has 1 aromatic rings. The van der Waals surface area contributed by atoms with Crippen LogP contribution in [-0.4, -0.2) is 49.8 Å². The van der Waals surface area contributed by atoms with Gasteiger partial charge in [-0.2, -0.15) is 4.31 Å². The van der Waals surface area contributed by atoms with E-state index in [1.165, 1.54) is 5.51 Å². The number of carbonyl (C=O) groups is 2. The Morgan fingerprint density at radius 1 is 1.55 bits per heavy atom. The number of amides is 1. The number of hydrogen-bond donors (Lipinski definition) is 1. The third-order valence-electron chi connectivity index (χ3n) is 3.04. The van der Waals surface area contributed by atoms with Gasteiger partial charge in [0, 0.05) is 13.1 Å². The van der Waals surface area contributed by atoms with Crippen LogP contribution in [0.3, 0.4) is 0 Å². The summed E-state index contributed by atoms with van der Waals surface area (Å²) in [6.07, 6.45) is 0.376. The number of methoxy groups -OCH3 is 1. The first-order valence-corrected chi connectivity index (χ1v) is 8.01. The number of nitrogens with two attached hydrogens (primary N) is 1. The Balaban J connectivity index is 2.31. The van der Waals surface area contributed by atoms with Gasteiger partial charge in [-0.15, -0.1) is 11.3 Å². The van der Waals surface area contributed by atoms with Gasteiger partial charge in [0.15, 0.2) is 9.90 Å². The molecule has 0 saturated carbocycles. The molecule has 0 aromatic carbocycles. The highest BCUT2D eigenvalue weighted by Crippen LogP contribution is 2.29. The molecule has 8 nitrogen and oxygen atoms in total. The lowest BCUT2D eigenvalue weighted by Gasteiger charge is -2.15. The number of ether oxygens (including phenoxy) is 1. The van der Waals surface area contributed by atoms with E-state index in [1.807, 2.05) is 0 Å². The summed E-state index contributed by atoms with van der Waals surface area (Å²) in [5.41, 5.74) is 6.21. The second-order valence-electron chi connectivity index (χ2n) is 4.23. The van der Waals surface area contributed by atoms with Crippen LogP contribution in [0.25, 0.3) is 0 Å². The van der Waals surface area contributed by atoms with Crippen molar-refractivity contribution >= 4 is 33.2 Å². The number of primary amides is 1. The lowest BCUT2D eigenvalue weighted by Crippen LogP contribution is -2.32. The monoisotopic (exact) mass is 319 g/mol. The van der Waals surface area contributed by atoms with Crippen molar-refractivity contribution in [1.82, 2.24) is 9.29 Å². The summed E-state index contributed by atoms with van der Waals surface area (Å²) in [6, 6.07) is 0. The summed E-state index contributed by atoms with van der Waals surface area (Å²) in [4.78, 5) is 26.3. The van der Waals surface area contributed by atoms with Crippen molar-refractivity contribution in [3.8, 4) is 0 Å². The molecule has 1 unspecified atom stereocenters. The van der Waals surface area contributed by atoms with E-state index in [1.54, 1.807) is 0 Å². The van der Waals surface area contributed by atoms with E-state index < -0.39 is 27.8 Å². The molecule has 1 saturated heterocycles. The summed E-state index contributed by atoms with van der Waals surface area (Å²) >= 11 is 0.839. The van der Waals surface area contributed by atoms with Gasteiger partial charge in [0.1, 0.15) is 0 Å². The minimum atomic E-state index is -3.87. The second-order valence-corrected chi connectivity index (χ2v) is 7.22. The minimum absolute atomic E-state index is 0.0240. The third-order valence-corrected chi connectivity index (χ3v) is 6.25. The highest BCUT2D eigenvalue weighted by molar-refractivity contribution is 7.91. The number of aromatic nitrogens is 1. The molecular formula is C10H13N3O5S2. The van der Waals surface area contributed by atoms with Gasteiger partial charge in [-0.3, -0.25) is 4.79 Å². The molecule has 1 atom stereocenters. The van der Waals surface area contributed by atoms with E-state index in [9.17, 15) is 18.0 Å². The topological polar surface area (TPSA) is 120 Å². The van der Waals surface area contributed by atoms with Crippen LogP contribution in [0.4, 0.5) is 0 Å². The van der Waals surface area contributed by atoms with Crippen LogP contribution in [0.2, 0.25) is 0 Å². The zero-order valence-corrected chi connectivity index (χ0v) is 12.2. The molecule has 20 heavy (non-hydrogen) atoms. The van der Waals surface area contributed by atoms with Crippen molar-refractivity contribution in [2.45, 2.75) is 10.6 Å². The highest BCUT2D eigenvalue weighted by Gasteiger charge is 2.38. The molecule has 2 N–H and O–H groups in total. The fourth-order valence-corrected chi connectivity index (χ4v) is 4.72. The van der Waals surface area contributed by atoms with Crippen LogP contribution in [0, 0.1) is 5.92 Å². The van der Waals surface area contributed by atoms with E-state index >= 15 is 0 Å². The predicted molar refractivity (Wildman–Crippen MR) is 69.5 cm³/mol. The molecule has 2 heterocycles. The average molecular weight is 319 g/mol. The maximum absolute atomic E-state index is 12.4. The van der Waals surface area contributed by atoms with Gasteiger partial charge in [0.2, 0.25) is 5.91 Å². The summed E-state index contributed by atoms with van der Waals surface area (Å²) in [7, 11) is -2.72. The van der Waals surface area contributed by atoms with Gasteiger partial charge in [0.25, 0.3) is 10.0 Å². The van der Waals surface area contributed by atoms with Gasteiger partial charge < -0.3 is 10.5 Å². The number of esters is 1. The van der Waals surface area contributed by atoms with E-state index in [4.69, 9.17) is 5.73 Å². The minimum Gasteiger partial charge on any atom is -0.464 e. The van der Waals surface area contributed by atoms with Gasteiger partial charge in [-0.05, 0) is 6.42 Å². The van der Waals surface area contributed by atoms with Crippen molar-refractivity contribution in [3.63, 3.8) is 0 Å². The first kappa shape index (κ1) is 14.9. The molecular weight excluding hydrogens is 306 g/mol. The van der Waals surface area contributed by atoms with Crippen molar-refractivity contribution in [2.24, 2.45) is 11.7 Å². The van der Waals surface area contributed by atoms with Crippen LogP contribution >= 0.6 is 11.3 Å². The lowest BCUT2D eigenvalue weighted by atomic mass is 10.1. The molecule has 1 fully saturated rings. The number of nitrogens with zero attached hydrogens (tertiary/aromatic N) is 2. The number of thiazole rings is 1. The Morgan fingerprint density at radius 3 is 2.80 bits per heavy atom. The molecule has 1 aliphatic rings. The fourth-order valence-electron chi connectivity index (χ4n) is 1.95. The molecule has 1 aromatic heterocycles. The van der Waals surface area contributed by atoms with Gasteiger partial charge in [-0.1, -0.05) is 0 Å². The number of sulfonamides is 1. The van der Waals surface area contributed by atoms with Crippen LogP contribution in [0.15, 0.2) is 9.72 Å². The average Bonchev–Trinajstić information content (AvgIpc) is 3.06. The normalized spacial score (nSPS) is 19.9. The zero-order chi connectivity index (χ0) is 14.9. The second kappa shape index (κ2) is 5.46. The molecule has 10 heteroatoms.